The van der Waals surface area contributed by atoms with Crippen molar-refractivity contribution in [3.05, 3.63) is 46.1 Å². The van der Waals surface area contributed by atoms with Gasteiger partial charge in [-0.3, -0.25) is 4.79 Å². The predicted octanol–water partition coefficient (Wildman–Crippen LogP) is 0.157. The molecular formula is C12H12N4O2. The first-order valence-electron chi connectivity index (χ1n) is 5.59. The number of amides is 1. The van der Waals surface area contributed by atoms with E-state index in [9.17, 15) is 9.59 Å². The third-order valence-electron chi connectivity index (χ3n) is 3.09. The zero-order chi connectivity index (χ0) is 12.9. The van der Waals surface area contributed by atoms with Crippen LogP contribution in [-0.2, 0) is 13.6 Å². The first-order valence-corrected chi connectivity index (χ1v) is 5.59. The number of hydrogen-bond donors (Lipinski definition) is 0. The van der Waals surface area contributed by atoms with Crippen molar-refractivity contribution >= 4 is 5.91 Å². The van der Waals surface area contributed by atoms with Crippen molar-refractivity contribution in [2.75, 3.05) is 7.05 Å². The van der Waals surface area contributed by atoms with Gasteiger partial charge in [-0.25, -0.2) is 14.0 Å². The fraction of sp³-hybridized carbons (Fsp3) is 0.250. The van der Waals surface area contributed by atoms with Crippen molar-refractivity contribution in [2.24, 2.45) is 7.05 Å². The molecule has 0 aliphatic carbocycles. The summed E-state index contributed by atoms with van der Waals surface area (Å²) in [5.74, 6) is 0.474. The van der Waals surface area contributed by atoms with Crippen molar-refractivity contribution in [2.45, 2.75) is 6.54 Å². The molecule has 2 aromatic rings. The number of fused-ring (bicyclic) bond motifs is 3. The molecule has 0 bridgehead atoms. The number of hydrogen-bond acceptors (Lipinski definition) is 3. The maximum atomic E-state index is 12.2. The van der Waals surface area contributed by atoms with Crippen LogP contribution in [0.2, 0.25) is 0 Å². The van der Waals surface area contributed by atoms with E-state index in [1.807, 2.05) is 0 Å². The van der Waals surface area contributed by atoms with E-state index in [1.54, 1.807) is 43.3 Å². The fourth-order valence-electron chi connectivity index (χ4n) is 2.20. The van der Waals surface area contributed by atoms with Gasteiger partial charge in [0.15, 0.2) is 5.82 Å². The Balaban J connectivity index is 2.41. The highest BCUT2D eigenvalue weighted by molar-refractivity contribution is 5.98. The van der Waals surface area contributed by atoms with E-state index in [0.717, 1.165) is 0 Å². The lowest BCUT2D eigenvalue weighted by Crippen LogP contribution is -2.25. The SMILES string of the molecule is CN1Cc2nn(C)c(=O)n2-c2ccccc2C1=O. The van der Waals surface area contributed by atoms with Crippen molar-refractivity contribution in [3.63, 3.8) is 0 Å². The van der Waals surface area contributed by atoms with E-state index >= 15 is 0 Å². The molecule has 0 saturated heterocycles. The van der Waals surface area contributed by atoms with Crippen LogP contribution in [-0.4, -0.2) is 32.2 Å². The summed E-state index contributed by atoms with van der Waals surface area (Å²) in [6.07, 6.45) is 0. The number of nitrogens with zero attached hydrogens (tertiary/aromatic N) is 4. The van der Waals surface area contributed by atoms with Crippen molar-refractivity contribution in [1.82, 2.24) is 19.2 Å². The quantitative estimate of drug-likeness (QED) is 0.663. The number of carbonyl (C=O) groups is 1. The Hall–Kier alpha value is -2.37. The summed E-state index contributed by atoms with van der Waals surface area (Å²) >= 11 is 0. The monoisotopic (exact) mass is 244 g/mol. The number of benzene rings is 1. The molecule has 1 aliphatic heterocycles. The van der Waals surface area contributed by atoms with E-state index in [0.29, 0.717) is 23.6 Å². The molecule has 0 unspecified atom stereocenters. The van der Waals surface area contributed by atoms with Crippen LogP contribution in [0.15, 0.2) is 29.1 Å². The topological polar surface area (TPSA) is 60.1 Å². The lowest BCUT2D eigenvalue weighted by Gasteiger charge is -2.12. The van der Waals surface area contributed by atoms with Gasteiger partial charge in [-0.2, -0.15) is 5.10 Å². The zero-order valence-corrected chi connectivity index (χ0v) is 10.1. The van der Waals surface area contributed by atoms with Crippen LogP contribution in [0, 0.1) is 0 Å². The highest BCUT2D eigenvalue weighted by Crippen LogP contribution is 2.20. The Morgan fingerprint density at radius 2 is 1.89 bits per heavy atom. The zero-order valence-electron chi connectivity index (χ0n) is 10.1. The highest BCUT2D eigenvalue weighted by atomic mass is 16.2. The third kappa shape index (κ3) is 1.32. The Morgan fingerprint density at radius 3 is 2.67 bits per heavy atom. The number of rotatable bonds is 0. The Morgan fingerprint density at radius 1 is 1.17 bits per heavy atom. The molecule has 1 amide bonds. The Labute approximate surface area is 103 Å². The number of para-hydroxylation sites is 1. The van der Waals surface area contributed by atoms with Gasteiger partial charge in [0, 0.05) is 14.1 Å². The van der Waals surface area contributed by atoms with Gasteiger partial charge in [-0.1, -0.05) is 12.1 Å². The Bertz CT molecular complexity index is 698. The molecule has 92 valence electrons. The smallest absolute Gasteiger partial charge is 0.334 e. The molecule has 6 nitrogen and oxygen atoms in total. The van der Waals surface area contributed by atoms with Crippen LogP contribution in [0.3, 0.4) is 0 Å². The second-order valence-electron chi connectivity index (χ2n) is 4.34. The molecule has 0 spiro atoms. The first kappa shape index (κ1) is 10.8. The van der Waals surface area contributed by atoms with Crippen molar-refractivity contribution in [1.29, 1.82) is 0 Å². The van der Waals surface area contributed by atoms with Crippen LogP contribution >= 0.6 is 0 Å². The third-order valence-corrected chi connectivity index (χ3v) is 3.09. The minimum absolute atomic E-state index is 0.0989. The van der Waals surface area contributed by atoms with Crippen molar-refractivity contribution in [3.8, 4) is 5.69 Å². The molecule has 0 atom stereocenters. The largest absolute Gasteiger partial charge is 0.350 e. The lowest BCUT2D eigenvalue weighted by molar-refractivity contribution is 0.0786. The Kier molecular flexibility index (Phi) is 2.13. The van der Waals surface area contributed by atoms with Crippen LogP contribution in [0.4, 0.5) is 0 Å². The summed E-state index contributed by atoms with van der Waals surface area (Å²) in [7, 11) is 3.31. The van der Waals surface area contributed by atoms with Gasteiger partial charge >= 0.3 is 5.69 Å². The van der Waals surface area contributed by atoms with Crippen LogP contribution < -0.4 is 5.69 Å². The molecule has 18 heavy (non-hydrogen) atoms. The van der Waals surface area contributed by atoms with Gasteiger partial charge in [0.2, 0.25) is 0 Å². The van der Waals surface area contributed by atoms with Gasteiger partial charge in [0.1, 0.15) is 0 Å². The van der Waals surface area contributed by atoms with Gasteiger partial charge < -0.3 is 4.90 Å². The molecule has 0 N–H and O–H groups in total. The van der Waals surface area contributed by atoms with Gasteiger partial charge in [0.25, 0.3) is 5.91 Å². The van der Waals surface area contributed by atoms with E-state index in [-0.39, 0.29) is 11.6 Å². The highest BCUT2D eigenvalue weighted by Gasteiger charge is 2.26. The normalized spacial score (nSPS) is 14.1. The number of aryl methyl sites for hydroxylation is 1. The van der Waals surface area contributed by atoms with E-state index in [1.165, 1.54) is 9.25 Å². The molecule has 2 heterocycles. The molecule has 1 aliphatic rings. The average Bonchev–Trinajstić information content (AvgIpc) is 2.58. The summed E-state index contributed by atoms with van der Waals surface area (Å²) in [4.78, 5) is 25.8. The second kappa shape index (κ2) is 3.56. The van der Waals surface area contributed by atoms with Crippen LogP contribution in [0.25, 0.3) is 5.69 Å². The van der Waals surface area contributed by atoms with Gasteiger partial charge in [-0.15, -0.1) is 0 Å². The number of carbonyl (C=O) groups excluding carboxylic acids is 1. The van der Waals surface area contributed by atoms with Gasteiger partial charge in [-0.05, 0) is 12.1 Å². The van der Waals surface area contributed by atoms with Crippen LogP contribution in [0.5, 0.6) is 0 Å². The molecule has 1 aromatic heterocycles. The van der Waals surface area contributed by atoms with Gasteiger partial charge in [0.05, 0.1) is 17.8 Å². The standard InChI is InChI=1S/C12H12N4O2/c1-14-7-10-13-15(2)12(18)16(10)9-6-4-3-5-8(9)11(14)17/h3-6H,7H2,1-2H3. The van der Waals surface area contributed by atoms with E-state index in [4.69, 9.17) is 0 Å². The maximum Gasteiger partial charge on any atom is 0.350 e. The van der Waals surface area contributed by atoms with Crippen LogP contribution in [0.1, 0.15) is 16.2 Å². The summed E-state index contributed by atoms with van der Waals surface area (Å²) in [5.41, 5.74) is 0.884. The molecule has 0 fully saturated rings. The molecule has 3 rings (SSSR count). The molecule has 1 aromatic carbocycles. The minimum Gasteiger partial charge on any atom is -0.334 e. The van der Waals surface area contributed by atoms with E-state index in [2.05, 4.69) is 5.10 Å². The summed E-state index contributed by atoms with van der Waals surface area (Å²) in [6, 6.07) is 7.08. The minimum atomic E-state index is -0.236. The van der Waals surface area contributed by atoms with Crippen molar-refractivity contribution < 1.29 is 4.79 Å². The molecule has 6 heteroatoms. The molecule has 0 saturated carbocycles. The molecule has 0 radical (unpaired) electrons. The molecular weight excluding hydrogens is 232 g/mol. The number of aromatic nitrogens is 3. The second-order valence-corrected chi connectivity index (χ2v) is 4.34. The van der Waals surface area contributed by atoms with E-state index < -0.39 is 0 Å². The predicted molar refractivity (Wildman–Crippen MR) is 64.6 cm³/mol. The summed E-state index contributed by atoms with van der Waals surface area (Å²) < 4.78 is 2.78. The summed E-state index contributed by atoms with van der Waals surface area (Å²) in [6.45, 7) is 0.323. The first-order chi connectivity index (χ1) is 8.59. The summed E-state index contributed by atoms with van der Waals surface area (Å²) in [5, 5.41) is 4.17. The fourth-order valence-corrected chi connectivity index (χ4v) is 2.20. The maximum absolute atomic E-state index is 12.2. The average molecular weight is 244 g/mol. The lowest BCUT2D eigenvalue weighted by atomic mass is 10.1.